The van der Waals surface area contributed by atoms with Crippen LogP contribution < -0.4 is 16.4 Å². The predicted molar refractivity (Wildman–Crippen MR) is 108 cm³/mol. The molecule has 0 spiro atoms. The number of amides is 2. The number of benzene rings is 1. The number of carbonyl (C=O) groups excluding carboxylic acids is 2. The number of thioether (sulfide) groups is 1. The van der Waals surface area contributed by atoms with Gasteiger partial charge in [0.15, 0.2) is 0 Å². The average Bonchev–Trinajstić information content (AvgIpc) is 2.64. The van der Waals surface area contributed by atoms with Crippen LogP contribution in [0.25, 0.3) is 0 Å². The van der Waals surface area contributed by atoms with E-state index in [9.17, 15) is 24.6 Å². The van der Waals surface area contributed by atoms with E-state index in [4.69, 9.17) is 5.73 Å². The Kier molecular flexibility index (Phi) is 10.0. The van der Waals surface area contributed by atoms with Gasteiger partial charge in [0, 0.05) is 5.75 Å². The SMILES string of the molecule is CSCC[C@H](NC(=O)[C@H](CS)NC(=O)[C@@H](N)Cc1ccc(O)cc1)C(=O)O. The van der Waals surface area contributed by atoms with Crippen LogP contribution in [-0.4, -0.2) is 63.9 Å². The lowest BCUT2D eigenvalue weighted by atomic mass is 10.1. The molecule has 0 aliphatic carbocycles. The number of carboxylic acids is 1. The second-order valence-electron chi connectivity index (χ2n) is 5.90. The van der Waals surface area contributed by atoms with Gasteiger partial charge in [-0.3, -0.25) is 9.59 Å². The maximum atomic E-state index is 12.3. The number of phenolic OH excluding ortho intramolecular Hbond substituents is 1. The summed E-state index contributed by atoms with van der Waals surface area (Å²) in [6.45, 7) is 0. The summed E-state index contributed by atoms with van der Waals surface area (Å²) in [7, 11) is 0. The maximum absolute atomic E-state index is 12.3. The van der Waals surface area contributed by atoms with Crippen molar-refractivity contribution in [2.75, 3.05) is 17.8 Å². The second-order valence-corrected chi connectivity index (χ2v) is 7.25. The molecule has 0 fully saturated rings. The first kappa shape index (κ1) is 23.1. The molecule has 1 aromatic rings. The first-order valence-electron chi connectivity index (χ1n) is 8.25. The van der Waals surface area contributed by atoms with Crippen LogP contribution in [0.4, 0.5) is 0 Å². The van der Waals surface area contributed by atoms with Crippen molar-refractivity contribution in [2.24, 2.45) is 5.73 Å². The lowest BCUT2D eigenvalue weighted by Crippen LogP contribution is -2.55. The van der Waals surface area contributed by atoms with Gasteiger partial charge in [0.2, 0.25) is 11.8 Å². The van der Waals surface area contributed by atoms with E-state index in [1.165, 1.54) is 23.9 Å². The quantitative estimate of drug-likeness (QED) is 0.279. The van der Waals surface area contributed by atoms with Crippen molar-refractivity contribution < 1.29 is 24.6 Å². The highest BCUT2D eigenvalue weighted by Gasteiger charge is 2.27. The number of carboxylic acid groups (broad SMARTS) is 1. The van der Waals surface area contributed by atoms with Crippen molar-refractivity contribution in [3.8, 4) is 5.75 Å². The minimum atomic E-state index is -1.13. The molecule has 3 atom stereocenters. The molecule has 1 rings (SSSR count). The average molecular weight is 416 g/mol. The Hall–Kier alpha value is -1.91. The lowest BCUT2D eigenvalue weighted by molar-refractivity contribution is -0.142. The molecule has 0 aliphatic heterocycles. The first-order chi connectivity index (χ1) is 12.8. The van der Waals surface area contributed by atoms with Gasteiger partial charge in [-0.1, -0.05) is 12.1 Å². The monoisotopic (exact) mass is 415 g/mol. The molecule has 0 aromatic heterocycles. The molecule has 0 heterocycles. The number of thiol groups is 1. The third kappa shape index (κ3) is 8.10. The Bertz CT molecular complexity index is 642. The van der Waals surface area contributed by atoms with E-state index in [0.29, 0.717) is 5.75 Å². The fraction of sp³-hybridized carbons (Fsp3) is 0.471. The van der Waals surface area contributed by atoms with E-state index in [2.05, 4.69) is 23.3 Å². The van der Waals surface area contributed by atoms with Gasteiger partial charge in [0.1, 0.15) is 17.8 Å². The fourth-order valence-corrected chi connectivity index (χ4v) is 2.95. The summed E-state index contributed by atoms with van der Waals surface area (Å²) in [5, 5.41) is 23.4. The molecule has 1 aromatic carbocycles. The Labute approximate surface area is 167 Å². The number of phenols is 1. The summed E-state index contributed by atoms with van der Waals surface area (Å²) in [4.78, 5) is 35.8. The molecule has 0 bridgehead atoms. The molecule has 0 unspecified atom stereocenters. The predicted octanol–water partition coefficient (Wildman–Crippen LogP) is -0.000900. The van der Waals surface area contributed by atoms with Crippen LogP contribution in [0.15, 0.2) is 24.3 Å². The van der Waals surface area contributed by atoms with Crippen molar-refractivity contribution in [3.63, 3.8) is 0 Å². The van der Waals surface area contributed by atoms with Crippen molar-refractivity contribution in [1.29, 1.82) is 0 Å². The molecule has 8 nitrogen and oxygen atoms in total. The Morgan fingerprint density at radius 2 is 1.74 bits per heavy atom. The number of aromatic hydroxyl groups is 1. The third-order valence-electron chi connectivity index (χ3n) is 3.77. The van der Waals surface area contributed by atoms with Crippen LogP contribution in [0.1, 0.15) is 12.0 Å². The van der Waals surface area contributed by atoms with Crippen LogP contribution in [0, 0.1) is 0 Å². The lowest BCUT2D eigenvalue weighted by Gasteiger charge is -2.21. The normalized spacial score (nSPS) is 14.0. The van der Waals surface area contributed by atoms with Crippen LogP contribution >= 0.6 is 24.4 Å². The highest BCUT2D eigenvalue weighted by molar-refractivity contribution is 7.98. The molecule has 150 valence electrons. The van der Waals surface area contributed by atoms with E-state index < -0.39 is 35.9 Å². The van der Waals surface area contributed by atoms with Gasteiger partial charge in [-0.05, 0) is 42.5 Å². The van der Waals surface area contributed by atoms with Crippen LogP contribution in [0.3, 0.4) is 0 Å². The Balaban J connectivity index is 2.63. The molecule has 6 N–H and O–H groups in total. The molecule has 27 heavy (non-hydrogen) atoms. The zero-order valence-corrected chi connectivity index (χ0v) is 16.6. The number of hydrogen-bond donors (Lipinski definition) is 6. The summed E-state index contributed by atoms with van der Waals surface area (Å²) in [5.41, 5.74) is 6.63. The summed E-state index contributed by atoms with van der Waals surface area (Å²) in [6, 6.07) is 3.34. The number of carbonyl (C=O) groups is 3. The minimum Gasteiger partial charge on any atom is -0.508 e. The Morgan fingerprint density at radius 1 is 1.15 bits per heavy atom. The maximum Gasteiger partial charge on any atom is 0.326 e. The summed E-state index contributed by atoms with van der Waals surface area (Å²) >= 11 is 5.53. The molecule has 10 heteroatoms. The molecule has 0 saturated carbocycles. The molecular weight excluding hydrogens is 390 g/mol. The van der Waals surface area contributed by atoms with Crippen LogP contribution in [0.5, 0.6) is 5.75 Å². The number of nitrogens with one attached hydrogen (secondary N) is 2. The van der Waals surface area contributed by atoms with E-state index in [1.807, 2.05) is 6.26 Å². The summed E-state index contributed by atoms with van der Waals surface area (Å²) < 4.78 is 0. The Morgan fingerprint density at radius 3 is 2.26 bits per heavy atom. The summed E-state index contributed by atoms with van der Waals surface area (Å²) in [5.74, 6) is -1.62. The topological polar surface area (TPSA) is 142 Å². The highest BCUT2D eigenvalue weighted by Crippen LogP contribution is 2.11. The molecular formula is C17H25N3O5S2. The van der Waals surface area contributed by atoms with Gasteiger partial charge in [-0.2, -0.15) is 24.4 Å². The van der Waals surface area contributed by atoms with Gasteiger partial charge in [-0.15, -0.1) is 0 Å². The van der Waals surface area contributed by atoms with Crippen molar-refractivity contribution in [2.45, 2.75) is 31.0 Å². The summed E-state index contributed by atoms with van der Waals surface area (Å²) in [6.07, 6.45) is 2.33. The zero-order valence-electron chi connectivity index (χ0n) is 14.9. The van der Waals surface area contributed by atoms with Gasteiger partial charge >= 0.3 is 5.97 Å². The molecule has 0 radical (unpaired) electrons. The molecule has 0 aliphatic rings. The van der Waals surface area contributed by atoms with Gasteiger partial charge in [-0.25, -0.2) is 4.79 Å². The largest absolute Gasteiger partial charge is 0.508 e. The first-order valence-corrected chi connectivity index (χ1v) is 10.3. The second kappa shape index (κ2) is 11.7. The smallest absolute Gasteiger partial charge is 0.326 e. The van der Waals surface area contributed by atoms with Gasteiger partial charge in [0.25, 0.3) is 0 Å². The van der Waals surface area contributed by atoms with E-state index >= 15 is 0 Å². The van der Waals surface area contributed by atoms with Gasteiger partial charge < -0.3 is 26.6 Å². The van der Waals surface area contributed by atoms with Crippen molar-refractivity contribution >= 4 is 42.2 Å². The van der Waals surface area contributed by atoms with Gasteiger partial charge in [0.05, 0.1) is 6.04 Å². The van der Waals surface area contributed by atoms with Crippen LogP contribution in [-0.2, 0) is 20.8 Å². The fourth-order valence-electron chi connectivity index (χ4n) is 2.22. The van der Waals surface area contributed by atoms with Crippen LogP contribution in [0.2, 0.25) is 0 Å². The van der Waals surface area contributed by atoms with E-state index in [1.54, 1.807) is 12.1 Å². The standard InChI is InChI=1S/C17H25N3O5S2/c1-27-7-6-13(17(24)25)19-16(23)14(9-26)20-15(22)12(18)8-10-2-4-11(21)5-3-10/h2-5,12-14,21,26H,6-9,18H2,1H3,(H,19,23)(H,20,22)(H,24,25)/t12-,13-,14-/m0/s1. The minimum absolute atomic E-state index is 0.00162. The number of nitrogens with two attached hydrogens (primary N) is 1. The van der Waals surface area contributed by atoms with Crippen molar-refractivity contribution in [3.05, 3.63) is 29.8 Å². The third-order valence-corrected chi connectivity index (χ3v) is 4.78. The number of aliphatic carboxylic acids is 1. The molecule has 2 amide bonds. The van der Waals surface area contributed by atoms with E-state index in [-0.39, 0.29) is 24.3 Å². The number of rotatable bonds is 11. The van der Waals surface area contributed by atoms with E-state index in [0.717, 1.165) is 5.56 Å². The highest BCUT2D eigenvalue weighted by atomic mass is 32.2. The van der Waals surface area contributed by atoms with Crippen molar-refractivity contribution in [1.82, 2.24) is 10.6 Å². The number of hydrogen-bond acceptors (Lipinski definition) is 7. The zero-order chi connectivity index (χ0) is 20.4. The molecule has 0 saturated heterocycles.